The minimum atomic E-state index is -0.335. The third-order valence-electron chi connectivity index (χ3n) is 5.17. The van der Waals surface area contributed by atoms with Crippen LogP contribution in [-0.4, -0.2) is 12.0 Å². The van der Waals surface area contributed by atoms with Gasteiger partial charge in [0.1, 0.15) is 5.75 Å². The summed E-state index contributed by atoms with van der Waals surface area (Å²) in [5.41, 5.74) is 2.37. The van der Waals surface area contributed by atoms with Crippen LogP contribution in [0.25, 0.3) is 0 Å². The van der Waals surface area contributed by atoms with Crippen LogP contribution >= 0.6 is 23.2 Å². The topological polar surface area (TPSA) is 64.4 Å². The van der Waals surface area contributed by atoms with Gasteiger partial charge in [-0.2, -0.15) is 0 Å². The lowest BCUT2D eigenvalue weighted by atomic mass is 9.76. The zero-order valence-corrected chi connectivity index (χ0v) is 15.4. The first-order valence-electron chi connectivity index (χ1n) is 8.24. The number of fused-ring (bicyclic) bond motifs is 3. The van der Waals surface area contributed by atoms with Gasteiger partial charge >= 0.3 is 0 Å². The van der Waals surface area contributed by atoms with Crippen molar-refractivity contribution >= 4 is 34.6 Å². The lowest BCUT2D eigenvalue weighted by Gasteiger charge is -2.38. The van der Waals surface area contributed by atoms with Crippen molar-refractivity contribution in [3.05, 3.63) is 73.8 Å². The Kier molecular flexibility index (Phi) is 4.29. The molecule has 0 saturated carbocycles. The van der Waals surface area contributed by atoms with Crippen LogP contribution in [0.1, 0.15) is 29.5 Å². The third-order valence-corrected chi connectivity index (χ3v) is 5.74. The second-order valence-electron chi connectivity index (χ2n) is 6.47. The Hall–Kier alpha value is -2.24. The van der Waals surface area contributed by atoms with Gasteiger partial charge < -0.3 is 10.1 Å². The maximum Gasteiger partial charge on any atom is 0.275 e. The summed E-state index contributed by atoms with van der Waals surface area (Å²) in [4.78, 5) is 11.2. The number of benzene rings is 2. The summed E-state index contributed by atoms with van der Waals surface area (Å²) in [5, 5.41) is 16.2. The summed E-state index contributed by atoms with van der Waals surface area (Å²) >= 11 is 12.5. The SMILES string of the molecule is COc1ccc([N+](=O)[O-])c2c1NC(c1ccc(Cl)cc1Cl)C1CC=CC21. The molecule has 2 aromatic rings. The molecular weight excluding hydrogens is 375 g/mol. The molecule has 3 atom stereocenters. The van der Waals surface area contributed by atoms with Crippen LogP contribution in [0.15, 0.2) is 42.5 Å². The second kappa shape index (κ2) is 6.49. The van der Waals surface area contributed by atoms with Gasteiger partial charge in [-0.15, -0.1) is 0 Å². The predicted octanol–water partition coefficient (Wildman–Crippen LogP) is 5.74. The van der Waals surface area contributed by atoms with E-state index in [1.54, 1.807) is 19.2 Å². The van der Waals surface area contributed by atoms with E-state index >= 15 is 0 Å². The number of anilines is 1. The van der Waals surface area contributed by atoms with Crippen molar-refractivity contribution in [2.24, 2.45) is 5.92 Å². The van der Waals surface area contributed by atoms with Crippen molar-refractivity contribution in [2.75, 3.05) is 12.4 Å². The first-order chi connectivity index (χ1) is 12.5. The summed E-state index contributed by atoms with van der Waals surface area (Å²) in [6, 6.07) is 8.48. The molecule has 1 N–H and O–H groups in total. The minimum absolute atomic E-state index is 0.0708. The molecule has 0 bridgehead atoms. The zero-order valence-electron chi connectivity index (χ0n) is 13.9. The molecule has 3 unspecified atom stereocenters. The van der Waals surface area contributed by atoms with Gasteiger partial charge in [0.2, 0.25) is 0 Å². The van der Waals surface area contributed by atoms with Gasteiger partial charge in [0.15, 0.2) is 0 Å². The van der Waals surface area contributed by atoms with Crippen molar-refractivity contribution in [3.8, 4) is 5.75 Å². The molecule has 134 valence electrons. The number of rotatable bonds is 3. The minimum Gasteiger partial charge on any atom is -0.495 e. The molecule has 0 fully saturated rings. The Morgan fingerprint density at radius 1 is 1.27 bits per heavy atom. The number of nitro groups is 1. The summed E-state index contributed by atoms with van der Waals surface area (Å²) in [5.74, 6) is 0.643. The molecule has 0 radical (unpaired) electrons. The number of hydrogen-bond donors (Lipinski definition) is 1. The van der Waals surface area contributed by atoms with Crippen LogP contribution in [0.4, 0.5) is 11.4 Å². The Balaban J connectivity index is 1.90. The van der Waals surface area contributed by atoms with Crippen LogP contribution in [0, 0.1) is 16.0 Å². The van der Waals surface area contributed by atoms with Crippen molar-refractivity contribution in [1.82, 2.24) is 0 Å². The van der Waals surface area contributed by atoms with Crippen LogP contribution < -0.4 is 10.1 Å². The second-order valence-corrected chi connectivity index (χ2v) is 7.32. The average Bonchev–Trinajstić information content (AvgIpc) is 3.10. The summed E-state index contributed by atoms with van der Waals surface area (Å²) < 4.78 is 5.47. The monoisotopic (exact) mass is 390 g/mol. The maximum absolute atomic E-state index is 11.6. The molecule has 7 heteroatoms. The van der Waals surface area contributed by atoms with E-state index in [0.29, 0.717) is 27.0 Å². The molecule has 1 aliphatic heterocycles. The molecule has 5 nitrogen and oxygen atoms in total. The van der Waals surface area contributed by atoms with E-state index < -0.39 is 0 Å². The highest BCUT2D eigenvalue weighted by molar-refractivity contribution is 6.35. The number of methoxy groups -OCH3 is 1. The molecule has 2 aromatic carbocycles. The lowest BCUT2D eigenvalue weighted by molar-refractivity contribution is -0.385. The summed E-state index contributed by atoms with van der Waals surface area (Å²) in [6.45, 7) is 0. The number of nitrogens with one attached hydrogen (secondary N) is 1. The molecular formula is C19H16Cl2N2O3. The Morgan fingerprint density at radius 2 is 2.08 bits per heavy atom. The van der Waals surface area contributed by atoms with Gasteiger partial charge in [0, 0.05) is 22.0 Å². The first-order valence-corrected chi connectivity index (χ1v) is 9.00. The largest absolute Gasteiger partial charge is 0.495 e. The fourth-order valence-electron chi connectivity index (χ4n) is 4.05. The van der Waals surface area contributed by atoms with E-state index in [1.807, 2.05) is 18.2 Å². The first kappa shape index (κ1) is 17.2. The molecule has 0 amide bonds. The van der Waals surface area contributed by atoms with Gasteiger partial charge in [0.25, 0.3) is 5.69 Å². The van der Waals surface area contributed by atoms with Crippen LogP contribution in [0.5, 0.6) is 5.75 Å². The zero-order chi connectivity index (χ0) is 18.4. The predicted molar refractivity (Wildman–Crippen MR) is 102 cm³/mol. The number of ether oxygens (including phenoxy) is 1. The fraction of sp³-hybridized carbons (Fsp3) is 0.263. The van der Waals surface area contributed by atoms with E-state index in [1.165, 1.54) is 6.07 Å². The Morgan fingerprint density at radius 3 is 2.77 bits per heavy atom. The van der Waals surface area contributed by atoms with Crippen LogP contribution in [-0.2, 0) is 0 Å². The van der Waals surface area contributed by atoms with Gasteiger partial charge in [0.05, 0.1) is 29.3 Å². The molecule has 4 rings (SSSR count). The summed E-state index contributed by atoms with van der Waals surface area (Å²) in [6.07, 6.45) is 4.94. The number of nitro benzene ring substituents is 1. The molecule has 1 heterocycles. The van der Waals surface area contributed by atoms with Crippen molar-refractivity contribution in [3.63, 3.8) is 0 Å². The highest BCUT2D eigenvalue weighted by atomic mass is 35.5. The number of allylic oxidation sites excluding steroid dienone is 2. The number of nitrogens with zero attached hydrogens (tertiary/aromatic N) is 1. The van der Waals surface area contributed by atoms with E-state index in [0.717, 1.165) is 12.0 Å². The van der Waals surface area contributed by atoms with Gasteiger partial charge in [-0.25, -0.2) is 0 Å². The normalized spacial score (nSPS) is 23.1. The molecule has 0 spiro atoms. The smallest absolute Gasteiger partial charge is 0.275 e. The molecule has 1 aliphatic carbocycles. The van der Waals surface area contributed by atoms with Crippen molar-refractivity contribution < 1.29 is 9.66 Å². The number of hydrogen-bond acceptors (Lipinski definition) is 4. The Labute approximate surface area is 160 Å². The van der Waals surface area contributed by atoms with Crippen LogP contribution in [0.3, 0.4) is 0 Å². The fourth-order valence-corrected chi connectivity index (χ4v) is 4.58. The quantitative estimate of drug-likeness (QED) is 0.412. The number of halogens is 2. The van der Waals surface area contributed by atoms with E-state index in [-0.39, 0.29) is 28.5 Å². The molecule has 0 aromatic heterocycles. The third kappa shape index (κ3) is 2.63. The molecule has 26 heavy (non-hydrogen) atoms. The average molecular weight is 391 g/mol. The van der Waals surface area contributed by atoms with Gasteiger partial charge in [-0.1, -0.05) is 41.4 Å². The maximum atomic E-state index is 11.6. The molecule has 2 aliphatic rings. The van der Waals surface area contributed by atoms with E-state index in [9.17, 15) is 10.1 Å². The highest BCUT2D eigenvalue weighted by Gasteiger charge is 2.43. The lowest BCUT2D eigenvalue weighted by Crippen LogP contribution is -2.30. The van der Waals surface area contributed by atoms with Crippen molar-refractivity contribution in [2.45, 2.75) is 18.4 Å². The van der Waals surface area contributed by atoms with Gasteiger partial charge in [-0.05, 0) is 36.1 Å². The molecule has 0 saturated heterocycles. The van der Waals surface area contributed by atoms with Gasteiger partial charge in [-0.3, -0.25) is 10.1 Å². The van der Waals surface area contributed by atoms with Crippen LogP contribution in [0.2, 0.25) is 10.0 Å². The van der Waals surface area contributed by atoms with Crippen molar-refractivity contribution in [1.29, 1.82) is 0 Å². The van der Waals surface area contributed by atoms with E-state index in [4.69, 9.17) is 27.9 Å². The Bertz CT molecular complexity index is 929. The summed E-state index contributed by atoms with van der Waals surface area (Å²) in [7, 11) is 1.56. The van der Waals surface area contributed by atoms with E-state index in [2.05, 4.69) is 11.4 Å². The standard InChI is InChI=1S/C19H16Cl2N2O3/c1-26-16-8-7-15(23(24)25)17-11-3-2-4-12(11)18(22-19(16)17)13-6-5-10(20)9-14(13)21/h2-3,5-9,11-12,18,22H,4H2,1H3. The highest BCUT2D eigenvalue weighted by Crippen LogP contribution is 2.55.